The number of aliphatic imine (C=N–C) groups is 1. The average Bonchev–Trinajstić information content (AvgIpc) is 3.04. The molecular weight excluding hydrogens is 401 g/mol. The quantitative estimate of drug-likeness (QED) is 0.448. The van der Waals surface area contributed by atoms with Crippen molar-refractivity contribution in [2.75, 3.05) is 7.05 Å². The van der Waals surface area contributed by atoms with E-state index in [4.69, 9.17) is 0 Å². The van der Waals surface area contributed by atoms with Crippen LogP contribution < -0.4 is 10.6 Å². The second-order valence-electron chi connectivity index (χ2n) is 5.20. The highest BCUT2D eigenvalue weighted by molar-refractivity contribution is 7.09. The van der Waals surface area contributed by atoms with Crippen LogP contribution >= 0.6 is 11.3 Å². The van der Waals surface area contributed by atoms with Crippen molar-refractivity contribution in [1.82, 2.24) is 15.6 Å². The van der Waals surface area contributed by atoms with Gasteiger partial charge in [0.05, 0.1) is 12.1 Å². The summed E-state index contributed by atoms with van der Waals surface area (Å²) in [6, 6.07) is 2.28. The van der Waals surface area contributed by atoms with Gasteiger partial charge >= 0.3 is 12.4 Å². The molecule has 0 amide bonds. The van der Waals surface area contributed by atoms with Crippen molar-refractivity contribution in [2.45, 2.75) is 25.4 Å². The van der Waals surface area contributed by atoms with E-state index in [1.54, 1.807) is 0 Å². The number of nitrogens with one attached hydrogen (secondary N) is 2. The Morgan fingerprint density at radius 2 is 1.74 bits per heavy atom. The number of guanidine groups is 1. The summed E-state index contributed by atoms with van der Waals surface area (Å²) in [5.41, 5.74) is -2.35. The van der Waals surface area contributed by atoms with Crippen molar-refractivity contribution in [1.29, 1.82) is 0 Å². The van der Waals surface area contributed by atoms with Crippen LogP contribution in [-0.2, 0) is 25.4 Å². The molecule has 2 aromatic rings. The molecule has 1 heterocycles. The molecule has 0 aliphatic heterocycles. The van der Waals surface area contributed by atoms with Crippen molar-refractivity contribution in [3.63, 3.8) is 0 Å². The Balaban J connectivity index is 2.00. The lowest BCUT2D eigenvalue weighted by atomic mass is 10.1. The fourth-order valence-electron chi connectivity index (χ4n) is 2.05. The normalized spacial score (nSPS) is 13.0. The molecule has 1 aromatic heterocycles. The average molecular weight is 414 g/mol. The summed E-state index contributed by atoms with van der Waals surface area (Å²) in [5.74, 6) is -0.964. The number of nitrogens with zero attached hydrogens (tertiary/aromatic N) is 2. The molecule has 0 saturated heterocycles. The van der Waals surface area contributed by atoms with Crippen LogP contribution in [0.4, 0.5) is 30.7 Å². The number of halogens is 7. The van der Waals surface area contributed by atoms with E-state index in [9.17, 15) is 30.7 Å². The minimum Gasteiger partial charge on any atom is -0.352 e. The van der Waals surface area contributed by atoms with E-state index in [0.29, 0.717) is 6.07 Å². The summed E-state index contributed by atoms with van der Waals surface area (Å²) in [6.45, 7) is -0.420. The first kappa shape index (κ1) is 20.9. The van der Waals surface area contributed by atoms with Gasteiger partial charge in [0.2, 0.25) is 0 Å². The molecule has 0 bridgehead atoms. The van der Waals surface area contributed by atoms with Gasteiger partial charge in [-0.1, -0.05) is 6.07 Å². The molecule has 0 radical (unpaired) electrons. The maximum Gasteiger partial charge on any atom is 0.434 e. The molecule has 1 aromatic carbocycles. The summed E-state index contributed by atoms with van der Waals surface area (Å²) < 4.78 is 89.5. The Hall–Kier alpha value is -2.37. The highest BCUT2D eigenvalue weighted by Crippen LogP contribution is 2.32. The maximum atomic E-state index is 13.1. The fourth-order valence-corrected chi connectivity index (χ4v) is 2.79. The van der Waals surface area contributed by atoms with Gasteiger partial charge in [0.1, 0.15) is 10.8 Å². The third-order valence-corrected chi connectivity index (χ3v) is 4.15. The number of thiazole rings is 1. The lowest BCUT2D eigenvalue weighted by Crippen LogP contribution is -2.36. The topological polar surface area (TPSA) is 49.3 Å². The minimum absolute atomic E-state index is 0.0520. The highest BCUT2D eigenvalue weighted by Gasteiger charge is 2.34. The number of benzene rings is 1. The van der Waals surface area contributed by atoms with Crippen molar-refractivity contribution in [3.8, 4) is 0 Å². The number of rotatable bonds is 4. The number of hydrogen-bond donors (Lipinski definition) is 2. The van der Waals surface area contributed by atoms with E-state index in [0.717, 1.165) is 28.8 Å². The standard InChI is InChI=1S/C15H13F7N4S/c1-23-13(25-6-12-26-11(7-27-12)15(20,21)22)24-5-8-2-3-9(16)4-10(8)14(17,18)19/h2-4,7H,5-6H2,1H3,(H2,23,24,25). The molecule has 0 saturated carbocycles. The predicted octanol–water partition coefficient (Wildman–Crippen LogP) is 4.19. The SMILES string of the molecule is CN=C(NCc1nc(C(F)(F)F)cs1)NCc1ccc(F)cc1C(F)(F)F. The van der Waals surface area contributed by atoms with E-state index in [1.165, 1.54) is 7.05 Å². The summed E-state index contributed by atoms with van der Waals surface area (Å²) in [5, 5.41) is 6.24. The number of aromatic nitrogens is 1. The van der Waals surface area contributed by atoms with Gasteiger partial charge < -0.3 is 10.6 Å². The maximum absolute atomic E-state index is 13.1. The Labute approximate surface area is 153 Å². The molecule has 0 spiro atoms. The van der Waals surface area contributed by atoms with Crippen LogP contribution in [-0.4, -0.2) is 18.0 Å². The van der Waals surface area contributed by atoms with Crippen molar-refractivity contribution in [2.24, 2.45) is 4.99 Å². The third kappa shape index (κ3) is 5.81. The van der Waals surface area contributed by atoms with Gasteiger partial charge in [-0.25, -0.2) is 9.37 Å². The zero-order valence-corrected chi connectivity index (χ0v) is 14.5. The molecule has 0 unspecified atom stereocenters. The third-order valence-electron chi connectivity index (χ3n) is 3.30. The second kappa shape index (κ2) is 8.11. The van der Waals surface area contributed by atoms with E-state index in [2.05, 4.69) is 20.6 Å². The van der Waals surface area contributed by atoms with Gasteiger partial charge in [-0.05, 0) is 17.7 Å². The second-order valence-corrected chi connectivity index (χ2v) is 6.15. The first-order chi connectivity index (χ1) is 12.5. The summed E-state index contributed by atoms with van der Waals surface area (Å²) >= 11 is 0.784. The van der Waals surface area contributed by atoms with E-state index in [-0.39, 0.29) is 29.6 Å². The Morgan fingerprint density at radius 3 is 2.30 bits per heavy atom. The lowest BCUT2D eigenvalue weighted by Gasteiger charge is -2.15. The smallest absolute Gasteiger partial charge is 0.352 e. The van der Waals surface area contributed by atoms with E-state index >= 15 is 0 Å². The minimum atomic E-state index is -4.73. The molecule has 148 valence electrons. The molecule has 0 aliphatic rings. The molecule has 27 heavy (non-hydrogen) atoms. The number of hydrogen-bond acceptors (Lipinski definition) is 3. The fraction of sp³-hybridized carbons (Fsp3) is 0.333. The van der Waals surface area contributed by atoms with Gasteiger partial charge in [-0.3, -0.25) is 4.99 Å². The Bertz CT molecular complexity index is 811. The van der Waals surface area contributed by atoms with Gasteiger partial charge in [-0.15, -0.1) is 11.3 Å². The lowest BCUT2D eigenvalue weighted by molar-refractivity contribution is -0.141. The van der Waals surface area contributed by atoms with Crippen LogP contribution in [0.3, 0.4) is 0 Å². The zero-order chi connectivity index (χ0) is 20.2. The van der Waals surface area contributed by atoms with E-state index in [1.807, 2.05) is 0 Å². The molecule has 0 aliphatic carbocycles. The first-order valence-corrected chi connectivity index (χ1v) is 8.20. The monoisotopic (exact) mass is 414 g/mol. The molecular formula is C15H13F7N4S. The Morgan fingerprint density at radius 1 is 1.07 bits per heavy atom. The van der Waals surface area contributed by atoms with Crippen molar-refractivity contribution in [3.05, 3.63) is 51.2 Å². The van der Waals surface area contributed by atoms with Crippen molar-refractivity contribution >= 4 is 17.3 Å². The summed E-state index contributed by atoms with van der Waals surface area (Å²) in [7, 11) is 1.34. The summed E-state index contributed by atoms with van der Waals surface area (Å²) in [4.78, 5) is 7.20. The molecule has 2 rings (SSSR count). The number of alkyl halides is 6. The Kier molecular flexibility index (Phi) is 6.29. The van der Waals surface area contributed by atoms with Crippen LogP contribution in [0.5, 0.6) is 0 Å². The molecule has 2 N–H and O–H groups in total. The highest BCUT2D eigenvalue weighted by atomic mass is 32.1. The van der Waals surface area contributed by atoms with Gasteiger partial charge in [0, 0.05) is 19.0 Å². The summed E-state index contributed by atoms with van der Waals surface area (Å²) in [6.07, 6.45) is -9.28. The zero-order valence-electron chi connectivity index (χ0n) is 13.7. The first-order valence-electron chi connectivity index (χ1n) is 7.32. The molecule has 4 nitrogen and oxygen atoms in total. The van der Waals surface area contributed by atoms with Gasteiger partial charge in [0.15, 0.2) is 11.7 Å². The largest absolute Gasteiger partial charge is 0.434 e. The van der Waals surface area contributed by atoms with Crippen LogP contribution in [0, 0.1) is 5.82 Å². The molecule has 0 fully saturated rings. The predicted molar refractivity (Wildman–Crippen MR) is 85.6 cm³/mol. The van der Waals surface area contributed by atoms with E-state index < -0.39 is 29.4 Å². The molecule has 0 atom stereocenters. The molecule has 12 heteroatoms. The van der Waals surface area contributed by atoms with Crippen molar-refractivity contribution < 1.29 is 30.7 Å². The van der Waals surface area contributed by atoms with Crippen LogP contribution in [0.1, 0.15) is 21.8 Å². The van der Waals surface area contributed by atoms with Gasteiger partial charge in [0.25, 0.3) is 0 Å². The van der Waals surface area contributed by atoms with Gasteiger partial charge in [-0.2, -0.15) is 26.3 Å². The van der Waals surface area contributed by atoms with Crippen LogP contribution in [0.25, 0.3) is 0 Å². The van der Waals surface area contributed by atoms with Crippen LogP contribution in [0.15, 0.2) is 28.6 Å². The van der Waals surface area contributed by atoms with Crippen LogP contribution in [0.2, 0.25) is 0 Å².